The summed E-state index contributed by atoms with van der Waals surface area (Å²) in [5, 5.41) is 45.1. The Morgan fingerprint density at radius 1 is 1.23 bits per heavy atom. The Kier molecular flexibility index (Phi) is 7.06. The van der Waals surface area contributed by atoms with Gasteiger partial charge in [-0.25, -0.2) is 0 Å². The number of fused-ring (bicyclic) bond motifs is 1. The normalized spacial score (nSPS) is 36.2. The van der Waals surface area contributed by atoms with Crippen molar-refractivity contribution < 1.29 is 25.2 Å². The molecule has 1 amide bonds. The molecule has 2 aliphatic rings. The van der Waals surface area contributed by atoms with Crippen molar-refractivity contribution in [2.75, 3.05) is 0 Å². The van der Waals surface area contributed by atoms with Crippen LogP contribution < -0.4 is 5.32 Å². The smallest absolute Gasteiger partial charge is 0.253 e. The molecule has 0 spiro atoms. The molecule has 31 heavy (non-hydrogen) atoms. The molecule has 9 atom stereocenters. The molecule has 1 saturated carbocycles. The number of nitrogens with one attached hydrogen (secondary N) is 1. The number of carbonyl (C=O) groups excluding carboxylic acids is 1. The van der Waals surface area contributed by atoms with Gasteiger partial charge in [0.05, 0.1) is 18.3 Å². The fraction of sp³-hybridized carbons (Fsp3) is 0.560. The minimum Gasteiger partial charge on any atom is -0.391 e. The fourth-order valence-electron chi connectivity index (χ4n) is 5.26. The predicted molar refractivity (Wildman–Crippen MR) is 119 cm³/mol. The summed E-state index contributed by atoms with van der Waals surface area (Å²) in [6.07, 6.45) is 1.68. The van der Waals surface area contributed by atoms with E-state index >= 15 is 0 Å². The first-order valence-corrected chi connectivity index (χ1v) is 11.1. The van der Waals surface area contributed by atoms with Gasteiger partial charge in [0.2, 0.25) is 0 Å². The van der Waals surface area contributed by atoms with E-state index in [0.29, 0.717) is 18.4 Å². The second-order valence-corrected chi connectivity index (χ2v) is 9.33. The van der Waals surface area contributed by atoms with Crippen LogP contribution in [0.2, 0.25) is 0 Å². The number of benzene rings is 1. The summed E-state index contributed by atoms with van der Waals surface area (Å²) >= 11 is 0. The second kappa shape index (κ2) is 9.25. The van der Waals surface area contributed by atoms with E-state index in [9.17, 15) is 25.2 Å². The van der Waals surface area contributed by atoms with Crippen LogP contribution in [0.4, 0.5) is 0 Å². The van der Waals surface area contributed by atoms with E-state index in [1.54, 1.807) is 12.2 Å². The Balaban J connectivity index is 1.86. The number of carbonyl (C=O) groups is 1. The van der Waals surface area contributed by atoms with Gasteiger partial charge in [0.15, 0.2) is 5.60 Å². The van der Waals surface area contributed by atoms with Crippen molar-refractivity contribution in [2.24, 2.45) is 23.7 Å². The summed E-state index contributed by atoms with van der Waals surface area (Å²) < 4.78 is 0. The summed E-state index contributed by atoms with van der Waals surface area (Å²) in [5.41, 5.74) is -0.0767. The number of allylic oxidation sites excluding steroid dienone is 1. The lowest BCUT2D eigenvalue weighted by molar-refractivity contribution is -0.154. The average Bonchev–Trinajstić information content (AvgIpc) is 2.99. The standard InChI is InChI=1S/C25H35NO5/c1-14(22(28)17(4)27)9-8-12-19-23(29)16(3)15(2)21-20(26-24(30)25(19,21)31)13-18-10-6-5-7-11-18/h5-8,10-12,14-15,17,19-23,27-29,31H,3,9,13H2,1-2,4H3,(H,26,30)/b12-8+/t14-,15+,17+,19-,20-,21-,22+,23+,25-/m0/s1. The van der Waals surface area contributed by atoms with Crippen molar-refractivity contribution in [1.82, 2.24) is 5.32 Å². The molecule has 1 aliphatic heterocycles. The van der Waals surface area contributed by atoms with E-state index < -0.39 is 41.7 Å². The largest absolute Gasteiger partial charge is 0.391 e. The fourth-order valence-corrected chi connectivity index (χ4v) is 5.26. The molecule has 3 rings (SSSR count). The van der Waals surface area contributed by atoms with Crippen LogP contribution in [0.25, 0.3) is 0 Å². The number of aliphatic hydroxyl groups excluding tert-OH is 3. The lowest BCUT2D eigenvalue weighted by Crippen LogP contribution is -2.59. The summed E-state index contributed by atoms with van der Waals surface area (Å²) in [7, 11) is 0. The van der Waals surface area contributed by atoms with Crippen molar-refractivity contribution in [3.05, 3.63) is 60.2 Å². The van der Waals surface area contributed by atoms with Gasteiger partial charge >= 0.3 is 0 Å². The monoisotopic (exact) mass is 429 g/mol. The molecule has 0 radical (unpaired) electrons. The maximum absolute atomic E-state index is 13.0. The zero-order valence-corrected chi connectivity index (χ0v) is 18.5. The molecule has 170 valence electrons. The van der Waals surface area contributed by atoms with Gasteiger partial charge in [0.1, 0.15) is 0 Å². The van der Waals surface area contributed by atoms with Gasteiger partial charge in [0.25, 0.3) is 5.91 Å². The molecule has 1 heterocycles. The number of hydrogen-bond donors (Lipinski definition) is 5. The van der Waals surface area contributed by atoms with E-state index in [0.717, 1.165) is 5.56 Å². The van der Waals surface area contributed by atoms with E-state index in [1.165, 1.54) is 6.92 Å². The van der Waals surface area contributed by atoms with Crippen molar-refractivity contribution in [2.45, 2.75) is 63.6 Å². The van der Waals surface area contributed by atoms with Gasteiger partial charge in [-0.1, -0.05) is 62.9 Å². The molecule has 6 heteroatoms. The molecular formula is C25H35NO5. The van der Waals surface area contributed by atoms with Gasteiger partial charge in [0, 0.05) is 17.9 Å². The predicted octanol–water partition coefficient (Wildman–Crippen LogP) is 1.58. The highest BCUT2D eigenvalue weighted by molar-refractivity contribution is 5.89. The lowest BCUT2D eigenvalue weighted by atomic mass is 9.60. The second-order valence-electron chi connectivity index (χ2n) is 9.33. The summed E-state index contributed by atoms with van der Waals surface area (Å²) in [6, 6.07) is 9.54. The van der Waals surface area contributed by atoms with Gasteiger partial charge in [-0.15, -0.1) is 0 Å². The molecule has 5 N–H and O–H groups in total. The number of aliphatic hydroxyl groups is 4. The van der Waals surface area contributed by atoms with E-state index in [-0.39, 0.29) is 17.9 Å². The Morgan fingerprint density at radius 3 is 2.48 bits per heavy atom. The van der Waals surface area contributed by atoms with Gasteiger partial charge in [-0.05, 0) is 42.7 Å². The van der Waals surface area contributed by atoms with Gasteiger partial charge in [-0.3, -0.25) is 4.79 Å². The molecule has 0 aromatic heterocycles. The summed E-state index contributed by atoms with van der Waals surface area (Å²) in [5.74, 6) is -2.19. The Labute approximate surface area is 184 Å². The van der Waals surface area contributed by atoms with E-state index in [2.05, 4.69) is 11.9 Å². The number of hydrogen-bond acceptors (Lipinski definition) is 5. The zero-order valence-electron chi connectivity index (χ0n) is 18.5. The SMILES string of the molecule is C=C1[C@@H](C)[C@H]2[C@H](Cc3ccccc3)NC(=O)[C@]2(O)[C@@H](/C=C/C[C@H](C)[C@@H](O)[C@@H](C)O)[C@@H]1O. The van der Waals surface area contributed by atoms with Crippen LogP contribution in [0, 0.1) is 23.7 Å². The molecular weight excluding hydrogens is 394 g/mol. The topological polar surface area (TPSA) is 110 Å². The maximum atomic E-state index is 13.0. The summed E-state index contributed by atoms with van der Waals surface area (Å²) in [6.45, 7) is 9.32. The van der Waals surface area contributed by atoms with Crippen molar-refractivity contribution in [1.29, 1.82) is 0 Å². The van der Waals surface area contributed by atoms with Crippen LogP contribution in [-0.4, -0.2) is 56.3 Å². The van der Waals surface area contributed by atoms with Crippen LogP contribution in [-0.2, 0) is 11.2 Å². The number of rotatable bonds is 7. The van der Waals surface area contributed by atoms with E-state index in [1.807, 2.05) is 44.2 Å². The first-order chi connectivity index (χ1) is 14.6. The summed E-state index contributed by atoms with van der Waals surface area (Å²) in [4.78, 5) is 13.0. The Bertz CT molecular complexity index is 822. The quantitative estimate of drug-likeness (QED) is 0.423. The van der Waals surface area contributed by atoms with Crippen molar-refractivity contribution in [3.8, 4) is 0 Å². The van der Waals surface area contributed by atoms with Crippen molar-refractivity contribution in [3.63, 3.8) is 0 Å². The molecule has 1 aliphatic carbocycles. The zero-order chi connectivity index (χ0) is 22.9. The van der Waals surface area contributed by atoms with E-state index in [4.69, 9.17) is 0 Å². The first-order valence-electron chi connectivity index (χ1n) is 11.1. The van der Waals surface area contributed by atoms with Crippen LogP contribution in [0.3, 0.4) is 0 Å². The molecule has 1 aromatic rings. The van der Waals surface area contributed by atoms with Gasteiger partial charge in [-0.2, -0.15) is 0 Å². The van der Waals surface area contributed by atoms with Crippen LogP contribution in [0.5, 0.6) is 0 Å². The minimum absolute atomic E-state index is 0.215. The van der Waals surface area contributed by atoms with Crippen LogP contribution in [0.1, 0.15) is 32.8 Å². The minimum atomic E-state index is -1.75. The molecule has 0 unspecified atom stereocenters. The third-order valence-electron chi connectivity index (χ3n) is 7.20. The molecule has 1 aromatic carbocycles. The highest BCUT2D eigenvalue weighted by Gasteiger charge is 2.64. The average molecular weight is 430 g/mol. The molecule has 0 bridgehead atoms. The lowest BCUT2D eigenvalue weighted by Gasteiger charge is -2.47. The highest BCUT2D eigenvalue weighted by atomic mass is 16.3. The first kappa shape index (κ1) is 23.7. The highest BCUT2D eigenvalue weighted by Crippen LogP contribution is 2.50. The number of amides is 1. The third kappa shape index (κ3) is 4.35. The van der Waals surface area contributed by atoms with Crippen molar-refractivity contribution >= 4 is 5.91 Å². The molecule has 6 nitrogen and oxygen atoms in total. The Morgan fingerprint density at radius 2 is 1.87 bits per heavy atom. The van der Waals surface area contributed by atoms with Crippen LogP contribution in [0.15, 0.2) is 54.6 Å². The molecule has 1 saturated heterocycles. The third-order valence-corrected chi connectivity index (χ3v) is 7.20. The van der Waals surface area contributed by atoms with Gasteiger partial charge < -0.3 is 25.7 Å². The van der Waals surface area contributed by atoms with Crippen LogP contribution >= 0.6 is 0 Å². The maximum Gasteiger partial charge on any atom is 0.253 e. The Hall–Kier alpha value is -1.99. The molecule has 2 fully saturated rings.